The van der Waals surface area contributed by atoms with Crippen molar-refractivity contribution < 1.29 is 36.4 Å². The molecule has 0 amide bonds. The standard InChI is InChI=1S/2C5H14N.C4H6O2.H2O4S/c2*1-5-6(2,3)4;1-3(2)4(5)6;1-5(2,3)4/h2*5H2,1-4H3;1H2,2H3,(H,5,6);(H2,1,2,3,4)/q2*+1;;/p-2. The van der Waals surface area contributed by atoms with Gasteiger partial charge in [0.1, 0.15) is 0 Å². The fourth-order valence-corrected chi connectivity index (χ4v) is 0. The molecule has 0 bridgehead atoms. The van der Waals surface area contributed by atoms with Crippen LogP contribution in [-0.4, -0.2) is 92.9 Å². The van der Waals surface area contributed by atoms with Crippen molar-refractivity contribution in [2.24, 2.45) is 0 Å². The molecule has 0 atom stereocenters. The number of rotatable bonds is 3. The predicted molar refractivity (Wildman–Crippen MR) is 90.1 cm³/mol. The molecule has 0 aliphatic rings. The molecule has 0 fully saturated rings. The molecular formula is C14H34N2O6S. The third-order valence-corrected chi connectivity index (χ3v) is 2.26. The molecule has 0 rings (SSSR count). The fraction of sp³-hybridized carbons (Fsp3) is 0.786. The number of hydrogen-bond acceptors (Lipinski definition) is 5. The zero-order valence-electron chi connectivity index (χ0n) is 15.9. The van der Waals surface area contributed by atoms with Gasteiger partial charge in [0, 0.05) is 16.0 Å². The molecule has 8 nitrogen and oxygen atoms in total. The largest absolute Gasteiger partial charge is 0.759 e. The molecule has 0 aliphatic carbocycles. The van der Waals surface area contributed by atoms with Crippen molar-refractivity contribution in [3.05, 3.63) is 12.2 Å². The maximum atomic E-state index is 9.60. The summed E-state index contributed by atoms with van der Waals surface area (Å²) >= 11 is 0. The first-order valence-corrected chi connectivity index (χ1v) is 8.26. The van der Waals surface area contributed by atoms with Crippen LogP contribution in [0.25, 0.3) is 0 Å². The molecule has 23 heavy (non-hydrogen) atoms. The maximum Gasteiger partial charge on any atom is 0.330 e. The first-order valence-electron chi connectivity index (χ1n) is 6.93. The first kappa shape index (κ1) is 29.9. The van der Waals surface area contributed by atoms with E-state index in [0.29, 0.717) is 0 Å². The number of aliphatic carboxylic acids is 1. The number of quaternary nitrogens is 2. The highest BCUT2D eigenvalue weighted by Crippen LogP contribution is 1.84. The van der Waals surface area contributed by atoms with Crippen LogP contribution < -0.4 is 0 Å². The Morgan fingerprint density at radius 2 is 1.04 bits per heavy atom. The summed E-state index contributed by atoms with van der Waals surface area (Å²) in [5, 5.41) is 7.89. The van der Waals surface area contributed by atoms with E-state index in [1.165, 1.54) is 20.0 Å². The molecule has 0 spiro atoms. The molecule has 0 aliphatic heterocycles. The van der Waals surface area contributed by atoms with Crippen molar-refractivity contribution in [2.75, 3.05) is 55.4 Å². The van der Waals surface area contributed by atoms with Crippen LogP contribution in [0.15, 0.2) is 12.2 Å². The summed E-state index contributed by atoms with van der Waals surface area (Å²) < 4.78 is 36.2. The van der Waals surface area contributed by atoms with E-state index in [-0.39, 0.29) is 5.57 Å². The van der Waals surface area contributed by atoms with Crippen LogP contribution in [0, 0.1) is 0 Å². The van der Waals surface area contributed by atoms with Crippen molar-refractivity contribution in [2.45, 2.75) is 20.8 Å². The van der Waals surface area contributed by atoms with Gasteiger partial charge in [-0.05, 0) is 20.8 Å². The lowest BCUT2D eigenvalue weighted by molar-refractivity contribution is -0.868. The summed E-state index contributed by atoms with van der Waals surface area (Å²) in [5.41, 5.74) is 0.176. The van der Waals surface area contributed by atoms with Gasteiger partial charge in [-0.25, -0.2) is 4.79 Å². The molecule has 0 unspecified atom stereocenters. The Morgan fingerprint density at radius 1 is 0.957 bits per heavy atom. The van der Waals surface area contributed by atoms with E-state index in [9.17, 15) is 4.79 Å². The molecule has 1 N–H and O–H groups in total. The number of carbonyl (C=O) groups is 1. The molecule has 0 aromatic heterocycles. The van der Waals surface area contributed by atoms with Gasteiger partial charge in [-0.15, -0.1) is 0 Å². The van der Waals surface area contributed by atoms with Crippen molar-refractivity contribution in [3.63, 3.8) is 0 Å². The maximum absolute atomic E-state index is 9.60. The average molecular weight is 359 g/mol. The average Bonchev–Trinajstić information content (AvgIpc) is 2.26. The monoisotopic (exact) mass is 358 g/mol. The fourth-order valence-electron chi connectivity index (χ4n) is 0. The predicted octanol–water partition coefficient (Wildman–Crippen LogP) is 0.734. The summed E-state index contributed by atoms with van der Waals surface area (Å²) in [6.45, 7) is 11.4. The number of hydrogen-bond donors (Lipinski definition) is 1. The van der Waals surface area contributed by atoms with Crippen LogP contribution in [0.5, 0.6) is 0 Å². The van der Waals surface area contributed by atoms with Gasteiger partial charge in [-0.2, -0.15) is 0 Å². The Kier molecular flexibility index (Phi) is 17.5. The summed E-state index contributed by atoms with van der Waals surface area (Å²) in [6.07, 6.45) is 0. The van der Waals surface area contributed by atoms with Crippen molar-refractivity contribution in [1.82, 2.24) is 0 Å². The van der Waals surface area contributed by atoms with Crippen molar-refractivity contribution >= 4 is 16.4 Å². The lowest BCUT2D eigenvalue weighted by Gasteiger charge is -2.20. The summed E-state index contributed by atoms with van der Waals surface area (Å²) in [7, 11) is 7.92. The first-order chi connectivity index (χ1) is 9.76. The van der Waals surface area contributed by atoms with Crippen LogP contribution in [0.4, 0.5) is 0 Å². The third-order valence-electron chi connectivity index (χ3n) is 2.26. The Bertz CT molecular complexity index is 386. The van der Waals surface area contributed by atoms with Crippen LogP contribution in [0.2, 0.25) is 0 Å². The smallest absolute Gasteiger partial charge is 0.330 e. The number of nitrogens with zero attached hydrogens (tertiary/aromatic N) is 2. The van der Waals surface area contributed by atoms with Gasteiger partial charge in [0.05, 0.1) is 55.4 Å². The SMILES string of the molecule is C=C(C)C(=O)O.CC[N+](C)(C)C.CC[N+](C)(C)C.O=S(=O)([O-])[O-]. The Hall–Kier alpha value is -1.00. The van der Waals surface area contributed by atoms with Crippen LogP contribution in [0.1, 0.15) is 20.8 Å². The molecule has 0 aromatic carbocycles. The molecule has 0 saturated heterocycles. The van der Waals surface area contributed by atoms with Crippen molar-refractivity contribution in [1.29, 1.82) is 0 Å². The molecule has 0 saturated carbocycles. The Balaban J connectivity index is -0.000000105. The minimum atomic E-state index is -5.17. The zero-order valence-corrected chi connectivity index (χ0v) is 16.7. The van der Waals surface area contributed by atoms with Gasteiger partial charge < -0.3 is 23.2 Å². The van der Waals surface area contributed by atoms with Gasteiger partial charge in [0.25, 0.3) is 0 Å². The van der Waals surface area contributed by atoms with E-state index < -0.39 is 16.4 Å². The third kappa shape index (κ3) is 93.6. The molecule has 142 valence electrons. The topological polar surface area (TPSA) is 118 Å². The van der Waals surface area contributed by atoms with Gasteiger partial charge >= 0.3 is 5.97 Å². The van der Waals surface area contributed by atoms with E-state index in [1.807, 2.05) is 0 Å². The highest BCUT2D eigenvalue weighted by atomic mass is 32.3. The van der Waals surface area contributed by atoms with Crippen LogP contribution in [0.3, 0.4) is 0 Å². The number of carboxylic acids is 1. The molecule has 0 heterocycles. The van der Waals surface area contributed by atoms with Crippen molar-refractivity contribution in [3.8, 4) is 0 Å². The minimum Gasteiger partial charge on any atom is -0.759 e. The molecule has 0 radical (unpaired) electrons. The lowest BCUT2D eigenvalue weighted by Crippen LogP contribution is -2.33. The van der Waals surface area contributed by atoms with Crippen LogP contribution >= 0.6 is 0 Å². The van der Waals surface area contributed by atoms with Gasteiger partial charge in [0.2, 0.25) is 0 Å². The highest BCUT2D eigenvalue weighted by molar-refractivity contribution is 7.79. The van der Waals surface area contributed by atoms with E-state index in [2.05, 4.69) is 62.7 Å². The second-order valence-corrected chi connectivity index (χ2v) is 7.52. The quantitative estimate of drug-likeness (QED) is 0.344. The second kappa shape index (κ2) is 13.4. The Labute approximate surface area is 141 Å². The minimum absolute atomic E-state index is 0.176. The molecule has 9 heteroatoms. The van der Waals surface area contributed by atoms with E-state index in [0.717, 1.165) is 8.97 Å². The van der Waals surface area contributed by atoms with E-state index in [1.54, 1.807) is 0 Å². The molecular weight excluding hydrogens is 324 g/mol. The lowest BCUT2D eigenvalue weighted by atomic mass is 10.4. The summed E-state index contributed by atoms with van der Waals surface area (Å²) in [6, 6.07) is 0. The van der Waals surface area contributed by atoms with Gasteiger partial charge in [-0.1, -0.05) is 6.58 Å². The Morgan fingerprint density at radius 3 is 1.04 bits per heavy atom. The van der Waals surface area contributed by atoms with Crippen LogP contribution in [-0.2, 0) is 15.2 Å². The van der Waals surface area contributed by atoms with Gasteiger partial charge in [-0.3, -0.25) is 8.42 Å². The summed E-state index contributed by atoms with van der Waals surface area (Å²) in [4.78, 5) is 9.60. The van der Waals surface area contributed by atoms with E-state index in [4.69, 9.17) is 22.6 Å². The zero-order chi connectivity index (χ0) is 20.1. The van der Waals surface area contributed by atoms with E-state index >= 15 is 0 Å². The molecule has 0 aromatic rings. The highest BCUT2D eigenvalue weighted by Gasteiger charge is 1.98. The summed E-state index contributed by atoms with van der Waals surface area (Å²) in [5.74, 6) is -0.935. The second-order valence-electron chi connectivity index (χ2n) is 6.71. The van der Waals surface area contributed by atoms with Gasteiger partial charge in [0.15, 0.2) is 0 Å². The normalized spacial score (nSPS) is 10.7. The number of carboxylic acid groups (broad SMARTS) is 1.